The number of anilines is 1. The summed E-state index contributed by atoms with van der Waals surface area (Å²) >= 11 is 5.22. The predicted molar refractivity (Wildman–Crippen MR) is 125 cm³/mol. The minimum atomic E-state index is -0.997. The lowest BCUT2D eigenvalue weighted by Gasteiger charge is -2.08. The molecule has 3 rings (SSSR count). The smallest absolute Gasteiger partial charge is 0.335 e. The molecule has 2 aromatic carbocycles. The van der Waals surface area contributed by atoms with Crippen molar-refractivity contribution in [2.45, 2.75) is 20.8 Å². The number of carboxylic acid groups (broad SMARTS) is 1. The molecule has 0 saturated heterocycles. The first-order chi connectivity index (χ1) is 14.7. The molecule has 0 unspecified atom stereocenters. The summed E-state index contributed by atoms with van der Waals surface area (Å²) < 4.78 is 1.62. The molecular weight excluding hydrogens is 414 g/mol. The highest BCUT2D eigenvalue weighted by molar-refractivity contribution is 7.80. The second kappa shape index (κ2) is 8.97. The van der Waals surface area contributed by atoms with Crippen LogP contribution in [0.25, 0.3) is 11.3 Å². The minimum Gasteiger partial charge on any atom is -0.504 e. The Kier molecular flexibility index (Phi) is 6.36. The Morgan fingerprint density at radius 1 is 1.13 bits per heavy atom. The van der Waals surface area contributed by atoms with Gasteiger partial charge in [0.05, 0.1) is 11.3 Å². The fourth-order valence-electron chi connectivity index (χ4n) is 3.01. The molecule has 4 N–H and O–H groups in total. The van der Waals surface area contributed by atoms with E-state index in [1.54, 1.807) is 30.8 Å². The highest BCUT2D eigenvalue weighted by Gasteiger charge is 2.19. The fourth-order valence-corrected chi connectivity index (χ4v) is 3.18. The van der Waals surface area contributed by atoms with Crippen molar-refractivity contribution >= 4 is 34.7 Å². The lowest BCUT2D eigenvalue weighted by Crippen LogP contribution is -2.25. The van der Waals surface area contributed by atoms with Gasteiger partial charge in [0.25, 0.3) is 0 Å². The van der Waals surface area contributed by atoms with Crippen LogP contribution in [0.5, 0.6) is 5.75 Å². The molecule has 160 valence electrons. The Balaban J connectivity index is 1.75. The van der Waals surface area contributed by atoms with Crippen LogP contribution in [0.4, 0.5) is 5.69 Å². The standard InChI is InChI=1S/C22H23N5O3S/c1-12-5-6-16(11-13(12)2)19-20(28)18(26-27(19)4)14(3)24-25-22(31)23-17-9-7-15(8-10-17)21(29)30/h5-11,28H,1-4H3,(H,29,30)(H2,23,25,31). The molecule has 0 atom stereocenters. The van der Waals surface area contributed by atoms with Gasteiger partial charge in [-0.3, -0.25) is 10.1 Å². The maximum absolute atomic E-state index is 10.9. The zero-order valence-electron chi connectivity index (χ0n) is 17.6. The van der Waals surface area contributed by atoms with Crippen LogP contribution in [0.3, 0.4) is 0 Å². The summed E-state index contributed by atoms with van der Waals surface area (Å²) in [5.74, 6) is -0.959. The second-order valence-corrected chi connectivity index (χ2v) is 7.52. The number of carboxylic acids is 1. The van der Waals surface area contributed by atoms with Gasteiger partial charge in [-0.2, -0.15) is 10.2 Å². The third-order valence-electron chi connectivity index (χ3n) is 4.86. The van der Waals surface area contributed by atoms with Crippen LogP contribution in [0.15, 0.2) is 47.6 Å². The molecule has 0 spiro atoms. The number of hydrogen-bond acceptors (Lipinski definition) is 5. The number of aromatic nitrogens is 2. The SMILES string of the molecule is CC(=NNC(=S)Nc1ccc(C(=O)O)cc1)c1nn(C)c(-c2ccc(C)c(C)c2)c1O. The van der Waals surface area contributed by atoms with E-state index in [0.717, 1.165) is 11.1 Å². The third-order valence-corrected chi connectivity index (χ3v) is 5.05. The summed E-state index contributed by atoms with van der Waals surface area (Å²) in [5, 5.41) is 31.5. The Labute approximate surface area is 185 Å². The van der Waals surface area contributed by atoms with Gasteiger partial charge in [-0.1, -0.05) is 12.1 Å². The summed E-state index contributed by atoms with van der Waals surface area (Å²) in [4.78, 5) is 10.9. The molecule has 31 heavy (non-hydrogen) atoms. The van der Waals surface area contributed by atoms with Crippen LogP contribution in [0.1, 0.15) is 34.1 Å². The summed E-state index contributed by atoms with van der Waals surface area (Å²) in [5.41, 5.74) is 8.08. The fraction of sp³-hybridized carbons (Fsp3) is 0.182. The molecule has 0 saturated carbocycles. The predicted octanol–water partition coefficient (Wildman–Crippen LogP) is 3.82. The molecule has 0 radical (unpaired) electrons. The Morgan fingerprint density at radius 3 is 2.42 bits per heavy atom. The average molecular weight is 438 g/mol. The number of carbonyl (C=O) groups is 1. The molecule has 9 heteroatoms. The number of aromatic carboxylic acids is 1. The molecule has 0 aliphatic carbocycles. The minimum absolute atomic E-state index is 0.0388. The zero-order chi connectivity index (χ0) is 22.7. The van der Waals surface area contributed by atoms with Crippen molar-refractivity contribution in [3.8, 4) is 17.0 Å². The van der Waals surface area contributed by atoms with Crippen molar-refractivity contribution in [3.63, 3.8) is 0 Å². The Hall–Kier alpha value is -3.72. The number of nitrogens with one attached hydrogen (secondary N) is 2. The van der Waals surface area contributed by atoms with Crippen molar-refractivity contribution in [2.75, 3.05) is 5.32 Å². The van der Waals surface area contributed by atoms with E-state index >= 15 is 0 Å². The topological polar surface area (TPSA) is 112 Å². The Morgan fingerprint density at radius 2 is 1.81 bits per heavy atom. The molecule has 0 aliphatic heterocycles. The Bertz CT molecular complexity index is 1180. The number of nitrogens with zero attached hydrogens (tertiary/aromatic N) is 3. The van der Waals surface area contributed by atoms with E-state index in [1.165, 1.54) is 17.7 Å². The van der Waals surface area contributed by atoms with Crippen LogP contribution in [0, 0.1) is 13.8 Å². The first kappa shape index (κ1) is 22.0. The molecule has 0 fully saturated rings. The van der Waals surface area contributed by atoms with Crippen LogP contribution in [-0.2, 0) is 7.05 Å². The largest absolute Gasteiger partial charge is 0.504 e. The molecule has 0 amide bonds. The number of thiocarbonyl (C=S) groups is 1. The van der Waals surface area contributed by atoms with Crippen LogP contribution in [0.2, 0.25) is 0 Å². The van der Waals surface area contributed by atoms with E-state index in [4.69, 9.17) is 17.3 Å². The highest BCUT2D eigenvalue weighted by Crippen LogP contribution is 2.33. The summed E-state index contributed by atoms with van der Waals surface area (Å²) in [7, 11) is 1.77. The van der Waals surface area contributed by atoms with Gasteiger partial charge in [0, 0.05) is 18.3 Å². The summed E-state index contributed by atoms with van der Waals surface area (Å²) in [6.45, 7) is 5.77. The van der Waals surface area contributed by atoms with Crippen molar-refractivity contribution in [1.29, 1.82) is 0 Å². The quantitative estimate of drug-likeness (QED) is 0.273. The molecule has 0 bridgehead atoms. The molecule has 3 aromatic rings. The van der Waals surface area contributed by atoms with E-state index in [-0.39, 0.29) is 16.4 Å². The summed E-state index contributed by atoms with van der Waals surface area (Å²) in [6.07, 6.45) is 0. The van der Waals surface area contributed by atoms with E-state index in [9.17, 15) is 9.90 Å². The van der Waals surface area contributed by atoms with Gasteiger partial charge in [0.1, 0.15) is 5.69 Å². The van der Waals surface area contributed by atoms with E-state index in [0.29, 0.717) is 22.8 Å². The second-order valence-electron chi connectivity index (χ2n) is 7.11. The maximum atomic E-state index is 10.9. The van der Waals surface area contributed by atoms with Gasteiger partial charge in [-0.25, -0.2) is 4.79 Å². The molecule has 1 aromatic heterocycles. The first-order valence-corrected chi connectivity index (χ1v) is 9.86. The molecule has 0 aliphatic rings. The van der Waals surface area contributed by atoms with E-state index in [1.807, 2.05) is 32.0 Å². The number of aryl methyl sites for hydroxylation is 3. The van der Waals surface area contributed by atoms with Crippen molar-refractivity contribution in [3.05, 3.63) is 64.8 Å². The molecule has 8 nitrogen and oxygen atoms in total. The van der Waals surface area contributed by atoms with Gasteiger partial charge in [0.2, 0.25) is 0 Å². The van der Waals surface area contributed by atoms with Crippen molar-refractivity contribution < 1.29 is 15.0 Å². The summed E-state index contributed by atoms with van der Waals surface area (Å²) in [6, 6.07) is 12.1. The number of benzene rings is 2. The third kappa shape index (κ3) is 4.89. The number of rotatable bonds is 5. The van der Waals surface area contributed by atoms with Crippen molar-refractivity contribution in [1.82, 2.24) is 15.2 Å². The monoisotopic (exact) mass is 437 g/mol. The zero-order valence-corrected chi connectivity index (χ0v) is 18.4. The number of hydrogen-bond donors (Lipinski definition) is 4. The first-order valence-electron chi connectivity index (χ1n) is 9.46. The van der Waals surface area contributed by atoms with Gasteiger partial charge < -0.3 is 15.5 Å². The molecular formula is C22H23N5O3S. The number of aromatic hydroxyl groups is 1. The van der Waals surface area contributed by atoms with Gasteiger partial charge in [-0.15, -0.1) is 0 Å². The lowest BCUT2D eigenvalue weighted by molar-refractivity contribution is 0.0697. The van der Waals surface area contributed by atoms with Gasteiger partial charge >= 0.3 is 5.97 Å². The highest BCUT2D eigenvalue weighted by atomic mass is 32.1. The van der Waals surface area contributed by atoms with E-state index in [2.05, 4.69) is 20.9 Å². The number of hydrazone groups is 1. The molecule has 1 heterocycles. The average Bonchev–Trinajstić information content (AvgIpc) is 3.03. The van der Waals surface area contributed by atoms with E-state index < -0.39 is 5.97 Å². The van der Waals surface area contributed by atoms with Crippen LogP contribution in [-0.4, -0.2) is 36.8 Å². The maximum Gasteiger partial charge on any atom is 0.335 e. The van der Waals surface area contributed by atoms with Gasteiger partial charge in [-0.05, 0) is 74.4 Å². The van der Waals surface area contributed by atoms with Crippen molar-refractivity contribution in [2.24, 2.45) is 12.1 Å². The lowest BCUT2D eigenvalue weighted by atomic mass is 10.0. The van der Waals surface area contributed by atoms with Gasteiger partial charge in [0.15, 0.2) is 16.6 Å². The van der Waals surface area contributed by atoms with Crippen LogP contribution < -0.4 is 10.7 Å². The van der Waals surface area contributed by atoms with Crippen LogP contribution >= 0.6 is 12.2 Å². The normalized spacial score (nSPS) is 11.3.